The number of pyridine rings is 2. The van der Waals surface area contributed by atoms with Gasteiger partial charge in [-0.1, -0.05) is 40.2 Å². The molecule has 4 aliphatic rings. The molecule has 2 atom stereocenters. The number of furan rings is 2. The maximum atomic E-state index is 14.7. The van der Waals surface area contributed by atoms with Crippen LogP contribution in [0.3, 0.4) is 0 Å². The molecule has 12 rings (SSSR count). The number of esters is 2. The van der Waals surface area contributed by atoms with Gasteiger partial charge in [-0.15, -0.1) is 0 Å². The largest absolute Gasteiger partial charge is 0.494 e. The molecule has 32 heteroatoms. The summed E-state index contributed by atoms with van der Waals surface area (Å²) in [6.07, 6.45) is 5.74. The molecule has 0 aliphatic carbocycles. The third-order valence-electron chi connectivity index (χ3n) is 14.8. The molecular formula is C67H61BrF4N8O19. The molecule has 518 valence electrons. The normalized spacial score (nSPS) is 16.1. The van der Waals surface area contributed by atoms with Gasteiger partial charge in [0.1, 0.15) is 46.4 Å². The lowest BCUT2D eigenvalue weighted by atomic mass is 9.95. The number of carboxylic acids is 1. The van der Waals surface area contributed by atoms with Crippen LogP contribution >= 0.6 is 15.9 Å². The van der Waals surface area contributed by atoms with Crippen LogP contribution in [0.15, 0.2) is 137 Å². The number of aromatic carboxylic acids is 1. The quantitative estimate of drug-likeness (QED) is 0.0183. The molecular weight excluding hydrogens is 1380 g/mol. The second kappa shape index (κ2) is 31.4. The van der Waals surface area contributed by atoms with Crippen molar-refractivity contribution in [2.75, 3.05) is 48.6 Å². The maximum Gasteiger partial charge on any atom is 0.407 e. The number of fused-ring (bicyclic) bond motifs is 2. The van der Waals surface area contributed by atoms with E-state index in [0.29, 0.717) is 44.7 Å². The number of cyclic esters (lactones) is 1. The Kier molecular flexibility index (Phi) is 23.1. The summed E-state index contributed by atoms with van der Waals surface area (Å²) in [6.45, 7) is 4.89. The van der Waals surface area contributed by atoms with E-state index in [1.807, 2.05) is 0 Å². The van der Waals surface area contributed by atoms with Gasteiger partial charge in [0.15, 0.2) is 57.3 Å². The molecule has 0 unspecified atom stereocenters. The number of ether oxygens (including phenoxy) is 7. The Labute approximate surface area is 568 Å². The number of benzene rings is 4. The van der Waals surface area contributed by atoms with Crippen molar-refractivity contribution >= 4 is 69.7 Å². The fourth-order valence-corrected chi connectivity index (χ4v) is 10.5. The number of amides is 8. The van der Waals surface area contributed by atoms with E-state index in [9.17, 15) is 60.7 Å². The van der Waals surface area contributed by atoms with Crippen molar-refractivity contribution in [2.24, 2.45) is 0 Å². The Hall–Kier alpha value is -11.8. The van der Waals surface area contributed by atoms with E-state index in [1.165, 1.54) is 76.8 Å². The van der Waals surface area contributed by atoms with Crippen molar-refractivity contribution < 1.29 is 108 Å². The minimum atomic E-state index is -1.67. The number of carbonyl (C=O) groups excluding carboxylic acids is 8. The topological polar surface area (TPSA) is 354 Å². The lowest BCUT2D eigenvalue weighted by Gasteiger charge is -2.29. The third kappa shape index (κ3) is 16.2. The zero-order chi connectivity index (χ0) is 72.1. The Bertz CT molecular complexity index is 4400. The lowest BCUT2D eigenvalue weighted by Crippen LogP contribution is -2.52. The van der Waals surface area contributed by atoms with Crippen LogP contribution in [0.1, 0.15) is 90.4 Å². The predicted octanol–water partition coefficient (Wildman–Crippen LogP) is 9.63. The summed E-state index contributed by atoms with van der Waals surface area (Å²) in [5.41, 5.74) is -1.57. The number of halogens is 5. The molecule has 0 spiro atoms. The Morgan fingerprint density at radius 3 is 1.65 bits per heavy atom. The van der Waals surface area contributed by atoms with Crippen LogP contribution < -0.4 is 45.5 Å². The highest BCUT2D eigenvalue weighted by Crippen LogP contribution is 2.38. The summed E-state index contributed by atoms with van der Waals surface area (Å²) < 4.78 is 100.0. The highest BCUT2D eigenvalue weighted by atomic mass is 79.9. The van der Waals surface area contributed by atoms with Gasteiger partial charge in [-0.3, -0.25) is 35.0 Å². The van der Waals surface area contributed by atoms with Gasteiger partial charge in [0, 0.05) is 53.4 Å². The molecule has 8 aromatic rings. The van der Waals surface area contributed by atoms with E-state index < -0.39 is 93.7 Å². The average molecular weight is 1440 g/mol. The molecule has 0 bridgehead atoms. The summed E-state index contributed by atoms with van der Waals surface area (Å²) in [6, 6.07) is 25.3. The van der Waals surface area contributed by atoms with Crippen LogP contribution in [0, 0.1) is 23.3 Å². The summed E-state index contributed by atoms with van der Waals surface area (Å²) in [5, 5.41) is 20.9. The van der Waals surface area contributed by atoms with Crippen LogP contribution in [0.25, 0.3) is 22.6 Å². The molecule has 2 fully saturated rings. The Balaban J connectivity index is 0.000000167. The molecule has 4 aromatic heterocycles. The standard InChI is InChI=1S/C22H17FN4O5.C18H20N4O5.C10H10BrFO3.C9H7FO3.C8H7FO3/c1-31-15-5-4-13-10-27(19(28)17(13)18(15)23)11-22(20(29)25-21(30)26-22)16-7-6-14(32-16)12-3-2-8-24-9-12;1-17(2,3)27-16(25)20-10-18(14(23)21-15(24)22-18)13-7-6-12(26-13)11-5-4-8-19-9-11;1-14-7-4-3-6(5-11)8(9(7)12)10(13)15-2;1-12-6-3-2-5-4-13-9(11)7(5)8(6)10;1-12-6-4-2-3-5(7(6)9)8(10)11/h2-9H,10-11H2,1H3,(H2,25,26,29,30);4-9H,10H2,1-3H3,(H,20,25)(H2,21,22,23,24);3-4H,5H2,1-2H3;2-3H,4H2,1H3;2-4H,1H3,(H,10,11)/t22-;18-;;;/m00.../s1. The van der Waals surface area contributed by atoms with Crippen molar-refractivity contribution in [2.45, 2.75) is 55.9 Å². The van der Waals surface area contributed by atoms with Crippen molar-refractivity contribution in [3.05, 3.63) is 202 Å². The first-order valence-electron chi connectivity index (χ1n) is 29.2. The fraction of sp³-hybridized carbons (Fsp3) is 0.239. The van der Waals surface area contributed by atoms with E-state index >= 15 is 0 Å². The number of carbonyl (C=O) groups is 9. The first-order valence-corrected chi connectivity index (χ1v) is 30.3. The van der Waals surface area contributed by atoms with E-state index in [2.05, 4.69) is 66.7 Å². The summed E-state index contributed by atoms with van der Waals surface area (Å²) >= 11 is 3.17. The minimum absolute atomic E-state index is 0.000602. The van der Waals surface area contributed by atoms with E-state index in [4.69, 9.17) is 32.9 Å². The zero-order valence-electron chi connectivity index (χ0n) is 53.7. The monoisotopic (exact) mass is 1440 g/mol. The summed E-state index contributed by atoms with van der Waals surface area (Å²) in [4.78, 5) is 116. The molecule has 2 saturated heterocycles. The molecule has 4 aromatic carbocycles. The van der Waals surface area contributed by atoms with Gasteiger partial charge in [0.2, 0.25) is 0 Å². The Morgan fingerprint density at radius 2 is 1.15 bits per heavy atom. The first kappa shape index (κ1) is 73.0. The van der Waals surface area contributed by atoms with Gasteiger partial charge in [-0.25, -0.2) is 46.3 Å². The smallest absolute Gasteiger partial charge is 0.407 e. The minimum Gasteiger partial charge on any atom is -0.494 e. The maximum absolute atomic E-state index is 14.7. The van der Waals surface area contributed by atoms with E-state index in [1.54, 1.807) is 112 Å². The molecule has 0 saturated carbocycles. The number of urea groups is 2. The van der Waals surface area contributed by atoms with Gasteiger partial charge >= 0.3 is 36.1 Å². The molecule has 6 N–H and O–H groups in total. The van der Waals surface area contributed by atoms with Gasteiger partial charge in [-0.2, -0.15) is 0 Å². The van der Waals surface area contributed by atoms with Gasteiger partial charge in [0.25, 0.3) is 17.7 Å². The van der Waals surface area contributed by atoms with Crippen LogP contribution in [0.4, 0.5) is 31.9 Å². The number of methoxy groups -OCH3 is 5. The molecule has 0 radical (unpaired) electrons. The van der Waals surface area contributed by atoms with Crippen LogP contribution in [0.5, 0.6) is 23.0 Å². The number of alkyl carbamates (subject to hydrolysis) is 1. The summed E-state index contributed by atoms with van der Waals surface area (Å²) in [7, 11) is 6.49. The van der Waals surface area contributed by atoms with Crippen LogP contribution in [-0.4, -0.2) is 128 Å². The van der Waals surface area contributed by atoms with Crippen LogP contribution in [0.2, 0.25) is 0 Å². The van der Waals surface area contributed by atoms with E-state index in [-0.39, 0.29) is 83.0 Å². The molecule has 8 heterocycles. The van der Waals surface area contributed by atoms with Gasteiger partial charge in [0.05, 0.1) is 59.8 Å². The number of alkyl halides is 1. The van der Waals surface area contributed by atoms with Gasteiger partial charge in [-0.05, 0) is 111 Å². The van der Waals surface area contributed by atoms with Crippen molar-refractivity contribution in [3.63, 3.8) is 0 Å². The lowest BCUT2D eigenvalue weighted by molar-refractivity contribution is -0.126. The van der Waals surface area contributed by atoms with Crippen LogP contribution in [-0.2, 0) is 53.4 Å². The van der Waals surface area contributed by atoms with E-state index in [0.717, 1.165) is 0 Å². The number of carboxylic acid groups (broad SMARTS) is 1. The average Bonchev–Trinajstić information content (AvgIpc) is 1.61. The molecule has 27 nitrogen and oxygen atoms in total. The Morgan fingerprint density at radius 1 is 0.636 bits per heavy atom. The van der Waals surface area contributed by atoms with Crippen molar-refractivity contribution in [1.82, 2.24) is 41.5 Å². The highest BCUT2D eigenvalue weighted by molar-refractivity contribution is 9.08. The number of nitrogens with one attached hydrogen (secondary N) is 5. The number of imide groups is 2. The van der Waals surface area contributed by atoms with Gasteiger partial charge < -0.3 is 67.9 Å². The SMILES string of the molecule is CC(C)(C)OC(=O)NC[C@@]1(c2ccc(-c3cccnc3)o2)NC(=O)NC1=O.COC(=O)c1c(CBr)ccc(OC)c1F.COc1ccc2c(c1F)C(=O)N(C[C@@]1(c3ccc(-c4cccnc4)o3)NC(=O)NC1=O)C2.COc1ccc2c(c1F)C(=O)OC2.COc1cccc(C(=O)O)c1F. The fourth-order valence-electron chi connectivity index (χ4n) is 10.0. The summed E-state index contributed by atoms with van der Waals surface area (Å²) in [5.74, 6) is -6.24. The molecule has 8 amide bonds. The highest BCUT2D eigenvalue weighted by Gasteiger charge is 2.54. The predicted molar refractivity (Wildman–Crippen MR) is 341 cm³/mol. The van der Waals surface area contributed by atoms with Crippen molar-refractivity contribution in [1.29, 1.82) is 0 Å². The second-order valence-electron chi connectivity index (χ2n) is 22.1. The number of nitrogens with zero attached hydrogens (tertiary/aromatic N) is 3. The van der Waals surface area contributed by atoms with Crippen molar-refractivity contribution in [3.8, 4) is 45.6 Å². The zero-order valence-corrected chi connectivity index (χ0v) is 55.3. The number of hydrogen-bond acceptors (Lipinski definition) is 20. The molecule has 4 aliphatic heterocycles. The first-order chi connectivity index (χ1) is 47.2. The second-order valence-corrected chi connectivity index (χ2v) is 22.7. The number of rotatable bonds is 15. The number of hydrogen-bond donors (Lipinski definition) is 6. The third-order valence-corrected chi connectivity index (χ3v) is 15.4. The number of aromatic nitrogens is 2. The molecule has 99 heavy (non-hydrogen) atoms.